The third-order valence-electron chi connectivity index (χ3n) is 5.62. The van der Waals surface area contributed by atoms with Crippen LogP contribution < -0.4 is 5.32 Å². The number of nitrogens with one attached hydrogen (secondary N) is 1. The van der Waals surface area contributed by atoms with E-state index < -0.39 is 0 Å². The van der Waals surface area contributed by atoms with Crippen molar-refractivity contribution in [3.8, 4) is 5.69 Å². The van der Waals surface area contributed by atoms with Crippen molar-refractivity contribution in [2.45, 2.75) is 44.6 Å². The van der Waals surface area contributed by atoms with E-state index in [4.69, 9.17) is 0 Å². The first-order chi connectivity index (χ1) is 14.3. The van der Waals surface area contributed by atoms with Crippen LogP contribution >= 0.6 is 11.3 Å². The summed E-state index contributed by atoms with van der Waals surface area (Å²) in [6.45, 7) is 3.15. The number of para-hydroxylation sites is 1. The first-order valence-corrected chi connectivity index (χ1v) is 11.3. The summed E-state index contributed by atoms with van der Waals surface area (Å²) >= 11 is 1.50. The van der Waals surface area contributed by atoms with Crippen LogP contribution in [0.1, 0.15) is 59.8 Å². The van der Waals surface area contributed by atoms with Gasteiger partial charge in [0.05, 0.1) is 28.8 Å². The maximum Gasteiger partial charge on any atom is 0.260 e. The average Bonchev–Trinajstić information content (AvgIpc) is 3.34. The third-order valence-corrected chi connectivity index (χ3v) is 6.43. The van der Waals surface area contributed by atoms with Crippen LogP contribution in [-0.4, -0.2) is 38.7 Å². The molecule has 1 saturated carbocycles. The average molecular weight is 408 g/mol. The first kappa shape index (κ1) is 18.5. The molecule has 2 aromatic heterocycles. The lowest BCUT2D eigenvalue weighted by Crippen LogP contribution is -2.29. The van der Waals surface area contributed by atoms with E-state index in [0.717, 1.165) is 49.6 Å². The SMILES string of the molecule is O=C(Nc1nc(CN2CCCCC2)cs1)c1cnn(-c2ccccc2)c1C1CC1. The zero-order valence-electron chi connectivity index (χ0n) is 16.4. The van der Waals surface area contributed by atoms with Crippen LogP contribution in [0.3, 0.4) is 0 Å². The minimum absolute atomic E-state index is 0.118. The smallest absolute Gasteiger partial charge is 0.260 e. The van der Waals surface area contributed by atoms with Crippen molar-refractivity contribution in [1.82, 2.24) is 19.7 Å². The van der Waals surface area contributed by atoms with E-state index >= 15 is 0 Å². The predicted octanol–water partition coefficient (Wildman–Crippen LogP) is 4.44. The van der Waals surface area contributed by atoms with Crippen molar-refractivity contribution in [2.75, 3.05) is 18.4 Å². The number of likely N-dealkylation sites (tertiary alicyclic amines) is 1. The number of hydrogen-bond acceptors (Lipinski definition) is 5. The molecule has 0 spiro atoms. The summed E-state index contributed by atoms with van der Waals surface area (Å²) in [5, 5.41) is 10.2. The molecule has 1 saturated heterocycles. The second-order valence-electron chi connectivity index (χ2n) is 7.90. The van der Waals surface area contributed by atoms with Gasteiger partial charge in [-0.15, -0.1) is 11.3 Å². The molecule has 2 aliphatic rings. The summed E-state index contributed by atoms with van der Waals surface area (Å²) in [6.07, 6.45) is 7.77. The molecule has 0 unspecified atom stereocenters. The summed E-state index contributed by atoms with van der Waals surface area (Å²) in [5.41, 5.74) is 3.70. The molecular weight excluding hydrogens is 382 g/mol. The summed E-state index contributed by atoms with van der Waals surface area (Å²) < 4.78 is 1.91. The molecule has 3 heterocycles. The second-order valence-corrected chi connectivity index (χ2v) is 8.76. The standard InChI is InChI=1S/C22H25N5OS/c28-21(25-22-24-17(15-29-22)14-26-11-5-2-6-12-26)19-13-23-27(20(19)16-9-10-16)18-7-3-1-4-8-18/h1,3-4,7-8,13,15-16H,2,5-6,9-12,14H2,(H,24,25,28). The number of amides is 1. The third kappa shape index (κ3) is 4.11. The number of piperidine rings is 1. The number of rotatable bonds is 6. The number of carbonyl (C=O) groups is 1. The Bertz CT molecular complexity index is 986. The van der Waals surface area contributed by atoms with Gasteiger partial charge in [-0.3, -0.25) is 15.0 Å². The number of benzene rings is 1. The summed E-state index contributed by atoms with van der Waals surface area (Å²) in [7, 11) is 0. The van der Waals surface area contributed by atoms with E-state index in [1.165, 1.54) is 30.6 Å². The van der Waals surface area contributed by atoms with Crippen LogP contribution in [0.5, 0.6) is 0 Å². The highest BCUT2D eigenvalue weighted by atomic mass is 32.1. The zero-order valence-corrected chi connectivity index (χ0v) is 17.2. The van der Waals surface area contributed by atoms with E-state index in [1.807, 2.05) is 35.0 Å². The van der Waals surface area contributed by atoms with Crippen molar-refractivity contribution in [3.05, 3.63) is 58.9 Å². The van der Waals surface area contributed by atoms with Crippen LogP contribution in [0.15, 0.2) is 41.9 Å². The Hall–Kier alpha value is -2.51. The lowest BCUT2D eigenvalue weighted by molar-refractivity contribution is 0.102. The fourth-order valence-electron chi connectivity index (χ4n) is 4.01. The minimum Gasteiger partial charge on any atom is -0.298 e. The maximum absolute atomic E-state index is 13.0. The van der Waals surface area contributed by atoms with Crippen molar-refractivity contribution in [2.24, 2.45) is 0 Å². The van der Waals surface area contributed by atoms with Gasteiger partial charge in [0.2, 0.25) is 0 Å². The van der Waals surface area contributed by atoms with Crippen LogP contribution in [0, 0.1) is 0 Å². The van der Waals surface area contributed by atoms with Gasteiger partial charge in [-0.25, -0.2) is 9.67 Å². The Kier molecular flexibility index (Phi) is 5.16. The lowest BCUT2D eigenvalue weighted by atomic mass is 10.1. The van der Waals surface area contributed by atoms with E-state index in [0.29, 0.717) is 16.6 Å². The molecule has 1 aromatic carbocycles. The molecule has 6 nitrogen and oxygen atoms in total. The van der Waals surface area contributed by atoms with Gasteiger partial charge in [0.1, 0.15) is 0 Å². The minimum atomic E-state index is -0.118. The normalized spacial score (nSPS) is 17.4. The highest BCUT2D eigenvalue weighted by Gasteiger charge is 2.33. The second kappa shape index (κ2) is 8.08. The summed E-state index contributed by atoms with van der Waals surface area (Å²) in [6, 6.07) is 10.0. The zero-order chi connectivity index (χ0) is 19.6. The van der Waals surface area contributed by atoms with Gasteiger partial charge in [0, 0.05) is 17.8 Å². The molecule has 150 valence electrons. The molecule has 29 heavy (non-hydrogen) atoms. The number of hydrogen-bond donors (Lipinski definition) is 1. The molecule has 1 amide bonds. The highest BCUT2D eigenvalue weighted by Crippen LogP contribution is 2.42. The number of nitrogens with zero attached hydrogens (tertiary/aromatic N) is 4. The van der Waals surface area contributed by atoms with Crippen molar-refractivity contribution < 1.29 is 4.79 Å². The van der Waals surface area contributed by atoms with Crippen molar-refractivity contribution in [1.29, 1.82) is 0 Å². The Morgan fingerprint density at radius 2 is 1.93 bits per heavy atom. The molecule has 0 radical (unpaired) electrons. The van der Waals surface area contributed by atoms with Crippen LogP contribution in [0.4, 0.5) is 5.13 Å². The number of carbonyl (C=O) groups excluding carboxylic acids is 1. The first-order valence-electron chi connectivity index (χ1n) is 10.4. The Morgan fingerprint density at radius 3 is 2.69 bits per heavy atom. The van der Waals surface area contributed by atoms with E-state index in [1.54, 1.807) is 6.20 Å². The van der Waals surface area contributed by atoms with Gasteiger partial charge in [0.25, 0.3) is 5.91 Å². The molecule has 1 N–H and O–H groups in total. The topological polar surface area (TPSA) is 63.1 Å². The van der Waals surface area contributed by atoms with Crippen molar-refractivity contribution in [3.63, 3.8) is 0 Å². The number of aromatic nitrogens is 3. The maximum atomic E-state index is 13.0. The van der Waals surface area contributed by atoms with Gasteiger partial charge >= 0.3 is 0 Å². The van der Waals surface area contributed by atoms with Gasteiger partial charge in [-0.05, 0) is 50.9 Å². The van der Waals surface area contributed by atoms with E-state index in [2.05, 4.69) is 25.7 Å². The lowest BCUT2D eigenvalue weighted by Gasteiger charge is -2.25. The molecule has 3 aromatic rings. The van der Waals surface area contributed by atoms with Gasteiger partial charge in [-0.2, -0.15) is 5.10 Å². The Balaban J connectivity index is 1.32. The molecular formula is C22H25N5OS. The van der Waals surface area contributed by atoms with E-state index in [-0.39, 0.29) is 5.91 Å². The fraction of sp³-hybridized carbons (Fsp3) is 0.409. The fourth-order valence-corrected chi connectivity index (χ4v) is 4.70. The number of thiazole rings is 1. The van der Waals surface area contributed by atoms with Crippen LogP contribution in [0.25, 0.3) is 5.69 Å². The highest BCUT2D eigenvalue weighted by molar-refractivity contribution is 7.14. The van der Waals surface area contributed by atoms with Crippen LogP contribution in [-0.2, 0) is 6.54 Å². The predicted molar refractivity (Wildman–Crippen MR) is 115 cm³/mol. The van der Waals surface area contributed by atoms with Crippen molar-refractivity contribution >= 4 is 22.4 Å². The molecule has 0 atom stereocenters. The Labute approximate surface area is 174 Å². The van der Waals surface area contributed by atoms with Gasteiger partial charge in [0.15, 0.2) is 5.13 Å². The summed E-state index contributed by atoms with van der Waals surface area (Å²) in [5.74, 6) is 0.289. The largest absolute Gasteiger partial charge is 0.298 e. The molecule has 7 heteroatoms. The van der Waals surface area contributed by atoms with E-state index in [9.17, 15) is 4.79 Å². The molecule has 0 bridgehead atoms. The summed E-state index contributed by atoms with van der Waals surface area (Å²) in [4.78, 5) is 20.1. The monoisotopic (exact) mass is 407 g/mol. The molecule has 1 aliphatic heterocycles. The number of anilines is 1. The quantitative estimate of drug-likeness (QED) is 0.656. The molecule has 1 aliphatic carbocycles. The van der Waals surface area contributed by atoms with Gasteiger partial charge in [-0.1, -0.05) is 24.6 Å². The van der Waals surface area contributed by atoms with Gasteiger partial charge < -0.3 is 0 Å². The Morgan fingerprint density at radius 1 is 1.14 bits per heavy atom. The van der Waals surface area contributed by atoms with Crippen LogP contribution in [0.2, 0.25) is 0 Å². The molecule has 5 rings (SSSR count). The molecule has 2 fully saturated rings.